The van der Waals surface area contributed by atoms with Crippen LogP contribution in [0.5, 0.6) is 5.75 Å². The van der Waals surface area contributed by atoms with Gasteiger partial charge in [0.1, 0.15) is 11.6 Å². The number of pyridine rings is 1. The Morgan fingerprint density at radius 2 is 2.22 bits per heavy atom. The van der Waals surface area contributed by atoms with Crippen molar-refractivity contribution in [3.8, 4) is 5.75 Å². The number of ether oxygens (including phenoxy) is 1. The zero-order valence-electron chi connectivity index (χ0n) is 9.89. The van der Waals surface area contributed by atoms with Gasteiger partial charge in [0.05, 0.1) is 12.7 Å². The monoisotopic (exact) mass is 245 g/mol. The second kappa shape index (κ2) is 5.40. The Bertz CT molecular complexity index is 555. The predicted molar refractivity (Wildman–Crippen MR) is 65.2 cm³/mol. The van der Waals surface area contributed by atoms with E-state index in [2.05, 4.69) is 4.98 Å². The largest absolute Gasteiger partial charge is 0.496 e. The van der Waals surface area contributed by atoms with E-state index in [-0.39, 0.29) is 17.8 Å². The minimum Gasteiger partial charge on any atom is -0.496 e. The van der Waals surface area contributed by atoms with Gasteiger partial charge in [0.25, 0.3) is 0 Å². The minimum atomic E-state index is -0.453. The standard InChI is InChI=1S/C14H12FNO2/c1-18-14-5-4-11(15)8-12(14)13(17)7-10-3-2-6-16-9-10/h2-6,8-9H,7H2,1H3. The van der Waals surface area contributed by atoms with Crippen molar-refractivity contribution in [1.29, 1.82) is 0 Å². The van der Waals surface area contributed by atoms with Crippen LogP contribution in [0.4, 0.5) is 4.39 Å². The molecule has 0 amide bonds. The maximum absolute atomic E-state index is 13.2. The van der Waals surface area contributed by atoms with Gasteiger partial charge in [-0.05, 0) is 29.8 Å². The van der Waals surface area contributed by atoms with E-state index < -0.39 is 5.82 Å². The average Bonchev–Trinajstić information content (AvgIpc) is 2.40. The van der Waals surface area contributed by atoms with Crippen molar-refractivity contribution in [2.24, 2.45) is 0 Å². The van der Waals surface area contributed by atoms with E-state index in [0.717, 1.165) is 5.56 Å². The number of halogens is 1. The average molecular weight is 245 g/mol. The normalized spacial score (nSPS) is 10.1. The lowest BCUT2D eigenvalue weighted by atomic mass is 10.0. The molecule has 0 fully saturated rings. The third kappa shape index (κ3) is 2.71. The molecule has 0 aliphatic heterocycles. The summed E-state index contributed by atoms with van der Waals surface area (Å²) < 4.78 is 18.2. The molecule has 4 heteroatoms. The first-order chi connectivity index (χ1) is 8.70. The smallest absolute Gasteiger partial charge is 0.171 e. The summed E-state index contributed by atoms with van der Waals surface area (Å²) in [7, 11) is 1.45. The van der Waals surface area contributed by atoms with Crippen LogP contribution in [-0.4, -0.2) is 17.9 Å². The van der Waals surface area contributed by atoms with Crippen LogP contribution in [0.3, 0.4) is 0 Å². The van der Waals surface area contributed by atoms with E-state index in [4.69, 9.17) is 4.74 Å². The molecule has 0 atom stereocenters. The molecule has 1 aromatic heterocycles. The van der Waals surface area contributed by atoms with Gasteiger partial charge in [-0.3, -0.25) is 9.78 Å². The zero-order valence-corrected chi connectivity index (χ0v) is 9.89. The number of methoxy groups -OCH3 is 1. The van der Waals surface area contributed by atoms with Crippen molar-refractivity contribution >= 4 is 5.78 Å². The summed E-state index contributed by atoms with van der Waals surface area (Å²) >= 11 is 0. The Balaban J connectivity index is 2.26. The zero-order chi connectivity index (χ0) is 13.0. The van der Waals surface area contributed by atoms with Crippen LogP contribution in [0.25, 0.3) is 0 Å². The van der Waals surface area contributed by atoms with Crippen LogP contribution in [0.1, 0.15) is 15.9 Å². The summed E-state index contributed by atoms with van der Waals surface area (Å²) in [5.74, 6) is -0.269. The lowest BCUT2D eigenvalue weighted by Crippen LogP contribution is -2.06. The number of benzene rings is 1. The summed E-state index contributed by atoms with van der Waals surface area (Å²) in [4.78, 5) is 16.0. The van der Waals surface area contributed by atoms with E-state index in [9.17, 15) is 9.18 Å². The number of carbonyl (C=O) groups is 1. The molecule has 0 radical (unpaired) electrons. The molecule has 1 heterocycles. The Morgan fingerprint density at radius 3 is 2.89 bits per heavy atom. The summed E-state index contributed by atoms with van der Waals surface area (Å²) in [6, 6.07) is 7.46. The van der Waals surface area contributed by atoms with Crippen LogP contribution in [0.2, 0.25) is 0 Å². The first kappa shape index (κ1) is 12.2. The quantitative estimate of drug-likeness (QED) is 0.777. The summed E-state index contributed by atoms with van der Waals surface area (Å²) in [5, 5.41) is 0. The van der Waals surface area contributed by atoms with Gasteiger partial charge in [0.2, 0.25) is 0 Å². The van der Waals surface area contributed by atoms with E-state index in [1.807, 2.05) is 0 Å². The SMILES string of the molecule is COc1ccc(F)cc1C(=O)Cc1cccnc1. The highest BCUT2D eigenvalue weighted by Crippen LogP contribution is 2.21. The fourth-order valence-corrected chi connectivity index (χ4v) is 1.68. The molecule has 0 unspecified atom stereocenters. The number of carbonyl (C=O) groups excluding carboxylic acids is 1. The molecule has 0 saturated carbocycles. The van der Waals surface area contributed by atoms with Gasteiger partial charge in [-0.2, -0.15) is 0 Å². The summed E-state index contributed by atoms with van der Waals surface area (Å²) in [5.41, 5.74) is 1.04. The fourth-order valence-electron chi connectivity index (χ4n) is 1.68. The Labute approximate surface area is 104 Å². The van der Waals surface area contributed by atoms with Gasteiger partial charge in [-0.15, -0.1) is 0 Å². The van der Waals surface area contributed by atoms with E-state index in [1.54, 1.807) is 24.5 Å². The van der Waals surface area contributed by atoms with E-state index in [0.29, 0.717) is 5.75 Å². The molecule has 1 aromatic carbocycles. The highest BCUT2D eigenvalue weighted by atomic mass is 19.1. The van der Waals surface area contributed by atoms with Gasteiger partial charge in [0.15, 0.2) is 5.78 Å². The molecule has 0 spiro atoms. The summed E-state index contributed by atoms with van der Waals surface area (Å²) in [6.45, 7) is 0. The molecule has 3 nitrogen and oxygen atoms in total. The van der Waals surface area contributed by atoms with Crippen LogP contribution >= 0.6 is 0 Å². The van der Waals surface area contributed by atoms with E-state index in [1.165, 1.54) is 25.3 Å². The van der Waals surface area contributed by atoms with Gasteiger partial charge in [-0.1, -0.05) is 6.07 Å². The van der Waals surface area contributed by atoms with Crippen molar-refractivity contribution in [2.75, 3.05) is 7.11 Å². The van der Waals surface area contributed by atoms with Gasteiger partial charge < -0.3 is 4.74 Å². The second-order valence-electron chi connectivity index (χ2n) is 3.81. The number of ketones is 1. The molecule has 18 heavy (non-hydrogen) atoms. The molecular weight excluding hydrogens is 233 g/mol. The number of hydrogen-bond donors (Lipinski definition) is 0. The molecule has 0 saturated heterocycles. The van der Waals surface area contributed by atoms with Crippen molar-refractivity contribution < 1.29 is 13.9 Å². The molecule has 0 aliphatic rings. The first-order valence-electron chi connectivity index (χ1n) is 5.46. The Morgan fingerprint density at radius 1 is 1.39 bits per heavy atom. The second-order valence-corrected chi connectivity index (χ2v) is 3.81. The molecule has 0 N–H and O–H groups in total. The number of Topliss-reactive ketones (excluding diaryl/α,β-unsaturated/α-hetero) is 1. The fraction of sp³-hybridized carbons (Fsp3) is 0.143. The molecule has 2 aromatic rings. The van der Waals surface area contributed by atoms with Crippen molar-refractivity contribution in [3.63, 3.8) is 0 Å². The predicted octanol–water partition coefficient (Wildman–Crippen LogP) is 2.65. The highest BCUT2D eigenvalue weighted by molar-refractivity contribution is 5.99. The van der Waals surface area contributed by atoms with Crippen LogP contribution in [-0.2, 0) is 6.42 Å². The van der Waals surface area contributed by atoms with Crippen LogP contribution in [0, 0.1) is 5.82 Å². The van der Waals surface area contributed by atoms with Gasteiger partial charge in [-0.25, -0.2) is 4.39 Å². The van der Waals surface area contributed by atoms with Gasteiger partial charge in [0, 0.05) is 18.8 Å². The highest BCUT2D eigenvalue weighted by Gasteiger charge is 2.13. The number of rotatable bonds is 4. The third-order valence-corrected chi connectivity index (χ3v) is 2.55. The maximum atomic E-state index is 13.2. The lowest BCUT2D eigenvalue weighted by molar-refractivity contribution is 0.0989. The van der Waals surface area contributed by atoms with E-state index >= 15 is 0 Å². The maximum Gasteiger partial charge on any atom is 0.171 e. The molecular formula is C14H12FNO2. The van der Waals surface area contributed by atoms with Crippen LogP contribution in [0.15, 0.2) is 42.7 Å². The Hall–Kier alpha value is -2.23. The van der Waals surface area contributed by atoms with Crippen LogP contribution < -0.4 is 4.74 Å². The molecule has 2 rings (SSSR count). The number of aromatic nitrogens is 1. The van der Waals surface area contributed by atoms with Crippen molar-refractivity contribution in [2.45, 2.75) is 6.42 Å². The Kier molecular flexibility index (Phi) is 3.67. The third-order valence-electron chi connectivity index (χ3n) is 2.55. The van der Waals surface area contributed by atoms with Gasteiger partial charge >= 0.3 is 0 Å². The van der Waals surface area contributed by atoms with Crippen molar-refractivity contribution in [1.82, 2.24) is 4.98 Å². The number of hydrogen-bond acceptors (Lipinski definition) is 3. The van der Waals surface area contributed by atoms with Crippen molar-refractivity contribution in [3.05, 3.63) is 59.7 Å². The number of nitrogens with zero attached hydrogens (tertiary/aromatic N) is 1. The minimum absolute atomic E-state index is 0.174. The molecule has 0 aliphatic carbocycles. The summed E-state index contributed by atoms with van der Waals surface area (Å²) in [6.07, 6.45) is 3.42. The molecule has 92 valence electrons. The lowest BCUT2D eigenvalue weighted by Gasteiger charge is -2.07. The molecule has 0 bridgehead atoms. The first-order valence-corrected chi connectivity index (χ1v) is 5.46. The topological polar surface area (TPSA) is 39.2 Å².